The van der Waals surface area contributed by atoms with Crippen molar-refractivity contribution in [2.75, 3.05) is 7.11 Å². The minimum Gasteiger partial charge on any atom is -0.508 e. The summed E-state index contributed by atoms with van der Waals surface area (Å²) in [5, 5.41) is 8.47. The van der Waals surface area contributed by atoms with Gasteiger partial charge in [0.15, 0.2) is 5.82 Å². The fourth-order valence-electron chi connectivity index (χ4n) is 0.902. The van der Waals surface area contributed by atoms with E-state index < -0.39 is 5.82 Å². The Balaban J connectivity index is 3.45. The van der Waals surface area contributed by atoms with Gasteiger partial charge in [0.05, 0.1) is 19.2 Å². The third-order valence-electron chi connectivity index (χ3n) is 1.53. The van der Waals surface area contributed by atoms with E-state index in [1.807, 2.05) is 0 Å². The van der Waals surface area contributed by atoms with Gasteiger partial charge in [0.1, 0.15) is 11.8 Å². The van der Waals surface area contributed by atoms with Crippen LogP contribution < -0.4 is 4.74 Å². The van der Waals surface area contributed by atoms with Crippen molar-refractivity contribution in [1.29, 1.82) is 5.26 Å². The van der Waals surface area contributed by atoms with E-state index in [9.17, 15) is 4.39 Å². The molecule has 0 aliphatic rings. The highest BCUT2D eigenvalue weighted by atomic mass is 19.1. The summed E-state index contributed by atoms with van der Waals surface area (Å²) < 4.78 is 18.0. The molecular weight excluding hydrogens is 171 g/mol. The van der Waals surface area contributed by atoms with Gasteiger partial charge in [-0.3, -0.25) is 0 Å². The predicted octanol–water partition coefficient (Wildman–Crippen LogP) is 2.26. The molecule has 0 aliphatic carbocycles. The lowest BCUT2D eigenvalue weighted by Crippen LogP contribution is -1.88. The summed E-state index contributed by atoms with van der Waals surface area (Å²) in [6.45, 7) is 6.70. The van der Waals surface area contributed by atoms with Crippen LogP contribution in [0.5, 0.6) is 5.75 Å². The molecular formula is C9H5FN2O. The van der Waals surface area contributed by atoms with Crippen molar-refractivity contribution in [3.05, 3.63) is 34.9 Å². The van der Waals surface area contributed by atoms with Crippen LogP contribution in [0.15, 0.2) is 12.1 Å². The number of rotatable bonds is 1. The van der Waals surface area contributed by atoms with Crippen LogP contribution in [0.2, 0.25) is 0 Å². The Bertz CT molecular complexity index is 415. The van der Waals surface area contributed by atoms with Crippen LogP contribution in [0, 0.1) is 23.7 Å². The first-order valence-electron chi connectivity index (χ1n) is 3.38. The number of nitriles is 1. The van der Waals surface area contributed by atoms with Crippen LogP contribution in [-0.4, -0.2) is 7.11 Å². The number of benzene rings is 1. The molecule has 0 atom stereocenters. The lowest BCUT2D eigenvalue weighted by atomic mass is 10.2. The fraction of sp³-hybridized carbons (Fsp3) is 0.111. The second-order valence-electron chi connectivity index (χ2n) is 2.20. The van der Waals surface area contributed by atoms with Gasteiger partial charge in [-0.05, 0) is 12.1 Å². The van der Waals surface area contributed by atoms with Crippen molar-refractivity contribution in [3.8, 4) is 11.8 Å². The maximum atomic E-state index is 13.2. The first-order chi connectivity index (χ1) is 6.24. The lowest BCUT2D eigenvalue weighted by Gasteiger charge is -2.03. The van der Waals surface area contributed by atoms with Gasteiger partial charge in [0.2, 0.25) is 0 Å². The largest absolute Gasteiger partial charge is 0.508 e. The van der Waals surface area contributed by atoms with Crippen LogP contribution in [0.4, 0.5) is 10.1 Å². The predicted molar refractivity (Wildman–Crippen MR) is 43.9 cm³/mol. The summed E-state index contributed by atoms with van der Waals surface area (Å²) in [6, 6.07) is 4.33. The van der Waals surface area contributed by atoms with Gasteiger partial charge in [-0.2, -0.15) is 5.26 Å². The Hall–Kier alpha value is -2.07. The van der Waals surface area contributed by atoms with Crippen LogP contribution in [-0.2, 0) is 0 Å². The molecule has 13 heavy (non-hydrogen) atoms. The van der Waals surface area contributed by atoms with Gasteiger partial charge in [0.25, 0.3) is 5.69 Å². The zero-order chi connectivity index (χ0) is 9.84. The summed E-state index contributed by atoms with van der Waals surface area (Å²) >= 11 is 0. The van der Waals surface area contributed by atoms with E-state index in [2.05, 4.69) is 4.85 Å². The smallest absolute Gasteiger partial charge is 0.264 e. The first kappa shape index (κ1) is 9.02. The minimum absolute atomic E-state index is 0.145. The fourth-order valence-corrected chi connectivity index (χ4v) is 0.902. The van der Waals surface area contributed by atoms with E-state index >= 15 is 0 Å². The zero-order valence-corrected chi connectivity index (χ0v) is 6.84. The van der Waals surface area contributed by atoms with Crippen molar-refractivity contribution in [2.45, 2.75) is 0 Å². The van der Waals surface area contributed by atoms with E-state index in [4.69, 9.17) is 16.6 Å². The van der Waals surface area contributed by atoms with Crippen molar-refractivity contribution in [3.63, 3.8) is 0 Å². The quantitative estimate of drug-likeness (QED) is 0.615. The average Bonchev–Trinajstić information content (AvgIpc) is 2.17. The van der Waals surface area contributed by atoms with Crippen LogP contribution >= 0.6 is 0 Å². The third-order valence-corrected chi connectivity index (χ3v) is 1.53. The molecule has 0 unspecified atom stereocenters. The molecule has 0 aromatic heterocycles. The molecule has 0 bridgehead atoms. The van der Waals surface area contributed by atoms with E-state index in [0.29, 0.717) is 0 Å². The topological polar surface area (TPSA) is 37.4 Å². The molecule has 1 aromatic rings. The number of methoxy groups -OCH3 is 1. The van der Waals surface area contributed by atoms with Gasteiger partial charge >= 0.3 is 0 Å². The molecule has 1 aromatic carbocycles. The van der Waals surface area contributed by atoms with Crippen LogP contribution in [0.25, 0.3) is 4.85 Å². The Labute approximate surface area is 74.8 Å². The Morgan fingerprint density at radius 2 is 2.31 bits per heavy atom. The molecule has 0 saturated heterocycles. The van der Waals surface area contributed by atoms with Crippen molar-refractivity contribution in [1.82, 2.24) is 0 Å². The Morgan fingerprint density at radius 3 is 2.77 bits per heavy atom. The van der Waals surface area contributed by atoms with Gasteiger partial charge in [0, 0.05) is 0 Å². The van der Waals surface area contributed by atoms with Crippen molar-refractivity contribution in [2.24, 2.45) is 0 Å². The summed E-state index contributed by atoms with van der Waals surface area (Å²) in [4.78, 5) is 2.95. The molecule has 0 spiro atoms. The van der Waals surface area contributed by atoms with Crippen molar-refractivity contribution >= 4 is 5.69 Å². The molecule has 0 amide bonds. The van der Waals surface area contributed by atoms with E-state index in [-0.39, 0.29) is 17.0 Å². The highest BCUT2D eigenvalue weighted by molar-refractivity contribution is 5.62. The molecule has 4 heteroatoms. The van der Waals surface area contributed by atoms with Gasteiger partial charge in [-0.15, -0.1) is 0 Å². The maximum absolute atomic E-state index is 13.2. The summed E-state index contributed by atoms with van der Waals surface area (Å²) in [7, 11) is 1.34. The van der Waals surface area contributed by atoms with E-state index in [1.165, 1.54) is 19.2 Å². The Morgan fingerprint density at radius 1 is 1.62 bits per heavy atom. The number of hydrogen-bond acceptors (Lipinski definition) is 2. The molecule has 0 saturated carbocycles. The first-order valence-corrected chi connectivity index (χ1v) is 3.38. The van der Waals surface area contributed by atoms with E-state index in [0.717, 1.165) is 0 Å². The van der Waals surface area contributed by atoms with Gasteiger partial charge < -0.3 is 4.74 Å². The normalized spacial score (nSPS) is 8.62. The number of nitrogens with zero attached hydrogens (tertiary/aromatic N) is 2. The van der Waals surface area contributed by atoms with Crippen molar-refractivity contribution < 1.29 is 9.13 Å². The minimum atomic E-state index is -0.822. The number of hydrogen-bond donors (Lipinski definition) is 0. The molecule has 0 radical (unpaired) electrons. The molecule has 0 fully saturated rings. The molecule has 3 nitrogen and oxygen atoms in total. The van der Waals surface area contributed by atoms with Crippen LogP contribution in [0.1, 0.15) is 5.56 Å². The van der Waals surface area contributed by atoms with Crippen LogP contribution in [0.3, 0.4) is 0 Å². The monoisotopic (exact) mass is 176 g/mol. The lowest BCUT2D eigenvalue weighted by molar-refractivity contribution is 0.414. The average molecular weight is 176 g/mol. The standard InChI is InChI=1S/C9H5FN2O/c1-12-9-7(13-2)4-3-6(5-11)8(9)10/h3-4H,2H3. The van der Waals surface area contributed by atoms with Gasteiger partial charge in [-0.25, -0.2) is 9.24 Å². The second kappa shape index (κ2) is 3.55. The summed E-state index contributed by atoms with van der Waals surface area (Å²) in [5.74, 6) is -0.677. The number of ether oxygens (including phenoxy) is 1. The molecule has 0 N–H and O–H groups in total. The van der Waals surface area contributed by atoms with Gasteiger partial charge in [-0.1, -0.05) is 0 Å². The molecule has 0 aliphatic heterocycles. The zero-order valence-electron chi connectivity index (χ0n) is 6.84. The highest BCUT2D eigenvalue weighted by Gasteiger charge is 2.13. The second-order valence-corrected chi connectivity index (χ2v) is 2.20. The maximum Gasteiger partial charge on any atom is 0.264 e. The Kier molecular flexibility index (Phi) is 2.47. The highest BCUT2D eigenvalue weighted by Crippen LogP contribution is 2.31. The van der Waals surface area contributed by atoms with E-state index in [1.54, 1.807) is 6.07 Å². The number of halogens is 1. The molecule has 64 valence electrons. The third kappa shape index (κ3) is 1.43. The molecule has 1 rings (SSSR count). The summed E-state index contributed by atoms with van der Waals surface area (Å²) in [5.41, 5.74) is -0.395. The SMILES string of the molecule is [C-]#[N+]c1c(OC)ccc(C#N)c1F. The molecule has 0 heterocycles. The summed E-state index contributed by atoms with van der Waals surface area (Å²) in [6.07, 6.45) is 0.